The van der Waals surface area contributed by atoms with E-state index in [9.17, 15) is 18.0 Å². The van der Waals surface area contributed by atoms with Crippen LogP contribution >= 0.6 is 11.8 Å². The molecule has 2 heterocycles. The van der Waals surface area contributed by atoms with E-state index in [1.807, 2.05) is 6.92 Å². The number of anilines is 1. The third-order valence-electron chi connectivity index (χ3n) is 4.04. The van der Waals surface area contributed by atoms with Crippen molar-refractivity contribution in [2.75, 3.05) is 5.32 Å². The van der Waals surface area contributed by atoms with Gasteiger partial charge in [-0.2, -0.15) is 13.2 Å². The number of hydrogen-bond acceptors (Lipinski definition) is 5. The Bertz CT molecular complexity index is 997. The average molecular weight is 410 g/mol. The fraction of sp³-hybridized carbons (Fsp3) is 0.278. The van der Waals surface area contributed by atoms with Crippen LogP contribution in [0.1, 0.15) is 18.2 Å². The van der Waals surface area contributed by atoms with Crippen molar-refractivity contribution in [3.63, 3.8) is 0 Å². The molecule has 10 heteroatoms. The van der Waals surface area contributed by atoms with Crippen LogP contribution in [0.2, 0.25) is 0 Å². The molecule has 0 radical (unpaired) electrons. The molecule has 1 atom stereocenters. The lowest BCUT2D eigenvalue weighted by atomic mass is 10.2. The minimum atomic E-state index is -4.47. The molecule has 1 amide bonds. The van der Waals surface area contributed by atoms with Crippen molar-refractivity contribution in [2.24, 2.45) is 7.05 Å². The first-order chi connectivity index (χ1) is 13.2. The van der Waals surface area contributed by atoms with Gasteiger partial charge in [0.05, 0.1) is 22.6 Å². The fourth-order valence-corrected chi connectivity index (χ4v) is 3.31. The Morgan fingerprint density at radius 1 is 1.29 bits per heavy atom. The molecular formula is C18H17F3N4O2S. The van der Waals surface area contributed by atoms with Crippen LogP contribution in [0.3, 0.4) is 0 Å². The fourth-order valence-electron chi connectivity index (χ4n) is 2.50. The summed E-state index contributed by atoms with van der Waals surface area (Å²) in [6, 6.07) is 6.28. The van der Waals surface area contributed by atoms with Gasteiger partial charge in [-0.25, -0.2) is 0 Å². The van der Waals surface area contributed by atoms with E-state index < -0.39 is 22.9 Å². The highest BCUT2D eigenvalue weighted by Gasteiger charge is 2.30. The monoisotopic (exact) mass is 410 g/mol. The normalized spacial score (nSPS) is 12.8. The first-order valence-electron chi connectivity index (χ1n) is 8.25. The summed E-state index contributed by atoms with van der Waals surface area (Å²) in [4.78, 5) is 12.4. The molecule has 0 spiro atoms. The van der Waals surface area contributed by atoms with Crippen molar-refractivity contribution in [3.8, 4) is 11.4 Å². The zero-order chi connectivity index (χ0) is 20.5. The van der Waals surface area contributed by atoms with E-state index in [4.69, 9.17) is 4.42 Å². The van der Waals surface area contributed by atoms with E-state index in [1.54, 1.807) is 30.9 Å². The van der Waals surface area contributed by atoms with Gasteiger partial charge in [0, 0.05) is 12.7 Å². The van der Waals surface area contributed by atoms with Gasteiger partial charge in [0.25, 0.3) is 0 Å². The van der Waals surface area contributed by atoms with Crippen molar-refractivity contribution in [2.45, 2.75) is 30.4 Å². The third kappa shape index (κ3) is 4.22. The Hall–Kier alpha value is -2.75. The number of thioether (sulfide) groups is 1. The van der Waals surface area contributed by atoms with Crippen molar-refractivity contribution < 1.29 is 22.4 Å². The quantitative estimate of drug-likeness (QED) is 0.626. The predicted molar refractivity (Wildman–Crippen MR) is 98.8 cm³/mol. The van der Waals surface area contributed by atoms with Crippen LogP contribution in [-0.4, -0.2) is 25.9 Å². The van der Waals surface area contributed by atoms with Crippen LogP contribution in [0.15, 0.2) is 46.2 Å². The lowest BCUT2D eigenvalue weighted by molar-refractivity contribution is -0.137. The second-order valence-corrected chi connectivity index (χ2v) is 7.39. The van der Waals surface area contributed by atoms with E-state index in [1.165, 1.54) is 12.1 Å². The van der Waals surface area contributed by atoms with Crippen LogP contribution in [0.25, 0.3) is 11.4 Å². The van der Waals surface area contributed by atoms with Crippen LogP contribution in [0.5, 0.6) is 0 Å². The number of amides is 1. The van der Waals surface area contributed by atoms with Crippen LogP contribution in [0, 0.1) is 6.92 Å². The van der Waals surface area contributed by atoms with Gasteiger partial charge in [-0.1, -0.05) is 17.8 Å². The summed E-state index contributed by atoms with van der Waals surface area (Å²) in [5.74, 6) is 0.856. The minimum absolute atomic E-state index is 0.0833. The number of hydrogen-bond donors (Lipinski definition) is 1. The number of rotatable bonds is 5. The molecule has 6 nitrogen and oxygen atoms in total. The number of carbonyl (C=O) groups excluding carboxylic acids is 1. The summed E-state index contributed by atoms with van der Waals surface area (Å²) in [6.07, 6.45) is -2.92. The molecule has 0 bridgehead atoms. The molecule has 0 saturated heterocycles. The van der Waals surface area contributed by atoms with E-state index in [-0.39, 0.29) is 5.69 Å². The number of furan rings is 1. The van der Waals surface area contributed by atoms with Crippen LogP contribution in [-0.2, 0) is 18.0 Å². The van der Waals surface area contributed by atoms with Gasteiger partial charge >= 0.3 is 6.18 Å². The summed E-state index contributed by atoms with van der Waals surface area (Å²) < 4.78 is 45.4. The molecule has 1 N–H and O–H groups in total. The predicted octanol–water partition coefficient (Wildman–Crippen LogP) is 4.52. The Kier molecular flexibility index (Phi) is 5.50. The van der Waals surface area contributed by atoms with E-state index in [0.717, 1.165) is 29.5 Å². The number of nitrogens with one attached hydrogen (secondary N) is 1. The molecule has 0 aliphatic heterocycles. The van der Waals surface area contributed by atoms with Gasteiger partial charge in [-0.15, -0.1) is 10.2 Å². The van der Waals surface area contributed by atoms with Gasteiger partial charge in [0.2, 0.25) is 5.91 Å². The van der Waals surface area contributed by atoms with Crippen molar-refractivity contribution in [3.05, 3.63) is 47.9 Å². The zero-order valence-corrected chi connectivity index (χ0v) is 16.1. The first-order valence-corrected chi connectivity index (χ1v) is 9.13. The largest absolute Gasteiger partial charge is 0.469 e. The van der Waals surface area contributed by atoms with Crippen molar-refractivity contribution >= 4 is 23.4 Å². The molecule has 28 heavy (non-hydrogen) atoms. The van der Waals surface area contributed by atoms with E-state index in [0.29, 0.717) is 16.7 Å². The van der Waals surface area contributed by atoms with Gasteiger partial charge < -0.3 is 14.3 Å². The summed E-state index contributed by atoms with van der Waals surface area (Å²) in [7, 11) is 1.77. The maximum atomic E-state index is 12.8. The smallest absolute Gasteiger partial charge is 0.416 e. The number of carbonyl (C=O) groups is 1. The first kappa shape index (κ1) is 20.0. The van der Waals surface area contributed by atoms with Crippen LogP contribution < -0.4 is 5.32 Å². The Labute approximate surface area is 163 Å². The van der Waals surface area contributed by atoms with Gasteiger partial charge in [0.15, 0.2) is 11.0 Å². The van der Waals surface area contributed by atoms with E-state index >= 15 is 0 Å². The molecule has 0 aliphatic rings. The van der Waals surface area contributed by atoms with E-state index in [2.05, 4.69) is 15.5 Å². The van der Waals surface area contributed by atoms with Gasteiger partial charge in [-0.05, 0) is 38.1 Å². The highest BCUT2D eigenvalue weighted by molar-refractivity contribution is 8.00. The lowest BCUT2D eigenvalue weighted by Gasteiger charge is -2.13. The Balaban J connectivity index is 1.70. The highest BCUT2D eigenvalue weighted by Crippen LogP contribution is 2.31. The molecule has 2 aromatic heterocycles. The van der Waals surface area contributed by atoms with Crippen molar-refractivity contribution in [1.29, 1.82) is 0 Å². The topological polar surface area (TPSA) is 72.9 Å². The zero-order valence-electron chi connectivity index (χ0n) is 15.2. The number of aryl methyl sites for hydroxylation is 1. The number of nitrogens with zero attached hydrogens (tertiary/aromatic N) is 3. The molecule has 0 fully saturated rings. The molecule has 0 aliphatic carbocycles. The molecule has 0 saturated carbocycles. The molecule has 1 unspecified atom stereocenters. The van der Waals surface area contributed by atoms with Gasteiger partial charge in [0.1, 0.15) is 5.76 Å². The second kappa shape index (κ2) is 7.70. The molecule has 3 aromatic rings. The van der Waals surface area contributed by atoms with Gasteiger partial charge in [-0.3, -0.25) is 4.79 Å². The number of aromatic nitrogens is 3. The van der Waals surface area contributed by atoms with Crippen LogP contribution in [0.4, 0.5) is 18.9 Å². The highest BCUT2D eigenvalue weighted by atomic mass is 32.2. The average Bonchev–Trinajstić information content (AvgIpc) is 3.20. The summed E-state index contributed by atoms with van der Waals surface area (Å²) >= 11 is 1.16. The Morgan fingerprint density at radius 3 is 2.68 bits per heavy atom. The Morgan fingerprint density at radius 2 is 2.04 bits per heavy atom. The molecular weight excluding hydrogens is 393 g/mol. The molecule has 1 aromatic carbocycles. The summed E-state index contributed by atoms with van der Waals surface area (Å²) in [6.45, 7) is 3.45. The summed E-state index contributed by atoms with van der Waals surface area (Å²) in [5.41, 5.74) is 0.0573. The second-order valence-electron chi connectivity index (χ2n) is 6.08. The minimum Gasteiger partial charge on any atom is -0.469 e. The summed E-state index contributed by atoms with van der Waals surface area (Å²) in [5, 5.41) is 10.6. The maximum Gasteiger partial charge on any atom is 0.416 e. The maximum absolute atomic E-state index is 12.8. The molecule has 3 rings (SSSR count). The number of halogens is 3. The lowest BCUT2D eigenvalue weighted by Crippen LogP contribution is -2.23. The standard InChI is InChI=1S/C18H17F3N4O2S/c1-10-14(7-8-27-10)15-23-24-17(25(15)3)28-11(2)16(26)22-13-6-4-5-12(9-13)18(19,20)21/h4-9,11H,1-3H3,(H,22,26). The number of benzene rings is 1. The SMILES string of the molecule is Cc1occc1-c1nnc(SC(C)C(=O)Nc2cccc(C(F)(F)F)c2)n1C. The molecule has 148 valence electrons. The van der Waals surface area contributed by atoms with Crippen molar-refractivity contribution in [1.82, 2.24) is 14.8 Å². The third-order valence-corrected chi connectivity index (χ3v) is 5.18. The number of alkyl halides is 3.